The van der Waals surface area contributed by atoms with Gasteiger partial charge in [0.05, 0.1) is 3.57 Å². The van der Waals surface area contributed by atoms with Gasteiger partial charge in [-0.3, -0.25) is 0 Å². The molecule has 0 radical (unpaired) electrons. The molecule has 0 bridgehead atoms. The molecule has 0 saturated heterocycles. The Hall–Kier alpha value is 0.430. The highest BCUT2D eigenvalue weighted by Gasteiger charge is 2.02. The molecule has 2 aromatic rings. The van der Waals surface area contributed by atoms with Crippen LogP contribution in [0, 0.1) is 10.7 Å². The molecule has 0 atom stereocenters. The lowest BCUT2D eigenvalue weighted by Gasteiger charge is -2.07. The van der Waals surface area contributed by atoms with Crippen LogP contribution in [0.15, 0.2) is 42.5 Å². The van der Waals surface area contributed by atoms with Crippen molar-refractivity contribution in [3.8, 4) is 11.5 Å². The average Bonchev–Trinajstić information content (AvgIpc) is 2.25. The van der Waals surface area contributed by atoms with Crippen LogP contribution in [0.3, 0.4) is 0 Å². The normalized spacial score (nSPS) is 10.2. The van der Waals surface area contributed by atoms with Crippen molar-refractivity contribution in [2.24, 2.45) is 0 Å². The second-order valence-electron chi connectivity index (χ2n) is 3.13. The molecule has 0 amide bonds. The van der Waals surface area contributed by atoms with E-state index < -0.39 is 0 Å². The molecule has 0 saturated carbocycles. The first-order chi connectivity index (χ1) is 7.65. The van der Waals surface area contributed by atoms with E-state index in [9.17, 15) is 0 Å². The van der Waals surface area contributed by atoms with E-state index in [4.69, 9.17) is 4.74 Å². The molecular weight excluding hydrogens is 541 g/mol. The van der Waals surface area contributed by atoms with Gasteiger partial charge in [0, 0.05) is 7.14 Å². The molecule has 1 nitrogen and oxygen atoms in total. The highest BCUT2D eigenvalue weighted by atomic mass is 127. The van der Waals surface area contributed by atoms with Crippen molar-refractivity contribution in [3.05, 3.63) is 53.2 Å². The van der Waals surface area contributed by atoms with Crippen molar-refractivity contribution in [2.45, 2.75) is 0 Å². The first-order valence-corrected chi connectivity index (χ1v) is 7.77. The maximum Gasteiger partial charge on any atom is 0.140 e. The molecule has 82 valence electrons. The fraction of sp³-hybridized carbons (Fsp3) is 0. The molecule has 2 rings (SSSR count). The second-order valence-corrected chi connectivity index (χ2v) is 6.78. The van der Waals surface area contributed by atoms with E-state index >= 15 is 0 Å². The first-order valence-electron chi connectivity index (χ1n) is 4.53. The molecule has 0 fully saturated rings. The summed E-state index contributed by atoms with van der Waals surface area (Å²) in [7, 11) is 0. The summed E-state index contributed by atoms with van der Waals surface area (Å²) in [5.74, 6) is 1.78. The summed E-state index contributed by atoms with van der Waals surface area (Å²) in [4.78, 5) is 0. The minimum atomic E-state index is 0.875. The Labute approximate surface area is 135 Å². The minimum Gasteiger partial charge on any atom is -0.456 e. The largest absolute Gasteiger partial charge is 0.456 e. The Bertz CT molecular complexity index is 494. The standard InChI is InChI=1S/C12H7I3O/c13-8-1-4-10(5-2-8)16-12-6-3-9(14)7-11(12)15/h1-7H. The summed E-state index contributed by atoms with van der Waals surface area (Å²) in [6, 6.07) is 14.2. The van der Waals surface area contributed by atoms with Crippen LogP contribution in [0.4, 0.5) is 0 Å². The number of hydrogen-bond donors (Lipinski definition) is 0. The van der Waals surface area contributed by atoms with Crippen LogP contribution in [0.25, 0.3) is 0 Å². The van der Waals surface area contributed by atoms with Gasteiger partial charge in [0.2, 0.25) is 0 Å². The maximum atomic E-state index is 5.80. The smallest absolute Gasteiger partial charge is 0.140 e. The van der Waals surface area contributed by atoms with Crippen molar-refractivity contribution in [1.29, 1.82) is 0 Å². The van der Waals surface area contributed by atoms with E-state index in [0.29, 0.717) is 0 Å². The molecule has 0 aliphatic heterocycles. The van der Waals surface area contributed by atoms with Gasteiger partial charge in [-0.05, 0) is 110 Å². The van der Waals surface area contributed by atoms with Gasteiger partial charge in [0.15, 0.2) is 0 Å². The summed E-state index contributed by atoms with van der Waals surface area (Å²) in [6.45, 7) is 0. The molecule has 4 heteroatoms. The van der Waals surface area contributed by atoms with Gasteiger partial charge in [0.1, 0.15) is 11.5 Å². The predicted octanol–water partition coefficient (Wildman–Crippen LogP) is 5.29. The molecule has 0 N–H and O–H groups in total. The topological polar surface area (TPSA) is 9.23 Å². The molecule has 16 heavy (non-hydrogen) atoms. The third-order valence-corrected chi connectivity index (χ3v) is 4.17. The van der Waals surface area contributed by atoms with E-state index in [1.165, 1.54) is 7.14 Å². The monoisotopic (exact) mass is 548 g/mol. The molecule has 2 aromatic carbocycles. The minimum absolute atomic E-state index is 0.875. The van der Waals surface area contributed by atoms with Crippen molar-refractivity contribution in [3.63, 3.8) is 0 Å². The van der Waals surface area contributed by atoms with E-state index in [2.05, 4.69) is 73.8 Å². The lowest BCUT2D eigenvalue weighted by atomic mass is 10.3. The summed E-state index contributed by atoms with van der Waals surface area (Å²) < 4.78 is 9.36. The fourth-order valence-electron chi connectivity index (χ4n) is 1.19. The number of halogens is 3. The Kier molecular flexibility index (Phi) is 4.71. The van der Waals surface area contributed by atoms with Crippen molar-refractivity contribution >= 4 is 67.8 Å². The zero-order valence-corrected chi connectivity index (χ0v) is 14.6. The molecule has 0 aromatic heterocycles. The Morgan fingerprint density at radius 1 is 0.750 bits per heavy atom. The molecule has 0 heterocycles. The van der Waals surface area contributed by atoms with Gasteiger partial charge in [-0.15, -0.1) is 0 Å². The Balaban J connectivity index is 2.23. The zero-order chi connectivity index (χ0) is 11.5. The van der Waals surface area contributed by atoms with Crippen LogP contribution in [0.2, 0.25) is 0 Å². The number of ether oxygens (including phenoxy) is 1. The molecule has 0 unspecified atom stereocenters. The van der Waals surface area contributed by atoms with Gasteiger partial charge in [0.25, 0.3) is 0 Å². The van der Waals surface area contributed by atoms with E-state index in [1.807, 2.05) is 36.4 Å². The van der Waals surface area contributed by atoms with E-state index in [0.717, 1.165) is 15.1 Å². The van der Waals surface area contributed by atoms with Gasteiger partial charge >= 0.3 is 0 Å². The molecule has 0 spiro atoms. The van der Waals surface area contributed by atoms with Gasteiger partial charge in [-0.2, -0.15) is 0 Å². The van der Waals surface area contributed by atoms with Crippen LogP contribution < -0.4 is 4.74 Å². The van der Waals surface area contributed by atoms with Gasteiger partial charge in [-0.1, -0.05) is 0 Å². The van der Waals surface area contributed by atoms with E-state index in [-0.39, 0.29) is 0 Å². The summed E-state index contributed by atoms with van der Waals surface area (Å²) in [5.41, 5.74) is 0. The molecule has 0 aliphatic carbocycles. The highest BCUT2D eigenvalue weighted by molar-refractivity contribution is 14.1. The zero-order valence-electron chi connectivity index (χ0n) is 8.08. The quantitative estimate of drug-likeness (QED) is 0.464. The third-order valence-electron chi connectivity index (χ3n) is 1.94. The number of rotatable bonds is 2. The third kappa shape index (κ3) is 3.46. The SMILES string of the molecule is Ic1ccc(Oc2ccc(I)cc2I)cc1. The lowest BCUT2D eigenvalue weighted by Crippen LogP contribution is -1.88. The predicted molar refractivity (Wildman–Crippen MR) is 91.1 cm³/mol. The van der Waals surface area contributed by atoms with Crippen molar-refractivity contribution < 1.29 is 4.74 Å². The summed E-state index contributed by atoms with van der Waals surface area (Å²) >= 11 is 6.86. The van der Waals surface area contributed by atoms with Crippen LogP contribution >= 0.6 is 67.8 Å². The van der Waals surface area contributed by atoms with E-state index in [1.54, 1.807) is 0 Å². The average molecular weight is 548 g/mol. The Morgan fingerprint density at radius 3 is 2.00 bits per heavy atom. The second kappa shape index (κ2) is 5.85. The van der Waals surface area contributed by atoms with Crippen LogP contribution in [0.1, 0.15) is 0 Å². The first kappa shape index (κ1) is 12.9. The molecular formula is C12H7I3O. The fourth-order valence-corrected chi connectivity index (χ4v) is 3.26. The van der Waals surface area contributed by atoms with Crippen LogP contribution in [0.5, 0.6) is 11.5 Å². The van der Waals surface area contributed by atoms with Gasteiger partial charge in [-0.25, -0.2) is 0 Å². The number of hydrogen-bond acceptors (Lipinski definition) is 1. The summed E-state index contributed by atoms with van der Waals surface area (Å²) in [6.07, 6.45) is 0. The van der Waals surface area contributed by atoms with Crippen molar-refractivity contribution in [2.75, 3.05) is 0 Å². The maximum absolute atomic E-state index is 5.80. The van der Waals surface area contributed by atoms with Crippen LogP contribution in [-0.4, -0.2) is 0 Å². The van der Waals surface area contributed by atoms with Crippen LogP contribution in [-0.2, 0) is 0 Å². The summed E-state index contributed by atoms with van der Waals surface area (Å²) in [5, 5.41) is 0. The lowest BCUT2D eigenvalue weighted by molar-refractivity contribution is 0.479. The Morgan fingerprint density at radius 2 is 1.38 bits per heavy atom. The highest BCUT2D eigenvalue weighted by Crippen LogP contribution is 2.28. The molecule has 0 aliphatic rings. The number of benzene rings is 2. The van der Waals surface area contributed by atoms with Crippen molar-refractivity contribution in [1.82, 2.24) is 0 Å². The van der Waals surface area contributed by atoms with Gasteiger partial charge < -0.3 is 4.74 Å².